The van der Waals surface area contributed by atoms with Gasteiger partial charge >= 0.3 is 0 Å². The van der Waals surface area contributed by atoms with Crippen LogP contribution >= 0.6 is 0 Å². The van der Waals surface area contributed by atoms with Gasteiger partial charge in [0.1, 0.15) is 0 Å². The Kier molecular flexibility index (Phi) is 5.72. The average Bonchev–Trinajstić information content (AvgIpc) is 3.50. The molecule has 6 atom stereocenters. The smallest absolute Gasteiger partial charge is 0.0118 e. The van der Waals surface area contributed by atoms with Crippen LogP contribution in [-0.4, -0.2) is 0 Å². The molecule has 174 valence electrons. The molecule has 0 heteroatoms. The Labute approximate surface area is 206 Å². The van der Waals surface area contributed by atoms with Gasteiger partial charge in [0, 0.05) is 5.92 Å². The Morgan fingerprint density at radius 2 is 1.09 bits per heavy atom. The lowest BCUT2D eigenvalue weighted by Crippen LogP contribution is -2.37. The van der Waals surface area contributed by atoms with E-state index in [1.807, 2.05) is 0 Å². The molecule has 2 fully saturated rings. The van der Waals surface area contributed by atoms with E-state index in [0.717, 1.165) is 5.92 Å². The second kappa shape index (κ2) is 8.88. The maximum Gasteiger partial charge on any atom is 0.0118 e. The number of allylic oxidation sites excluding steroid dienone is 8. The minimum Gasteiger partial charge on any atom is -0.0805 e. The highest BCUT2D eigenvalue weighted by Gasteiger charge is 2.55. The summed E-state index contributed by atoms with van der Waals surface area (Å²) >= 11 is 0. The summed E-state index contributed by atoms with van der Waals surface area (Å²) in [6, 6.07) is 22.5. The van der Waals surface area contributed by atoms with Gasteiger partial charge in [-0.15, -0.1) is 0 Å². The van der Waals surface area contributed by atoms with Crippen molar-refractivity contribution in [2.24, 2.45) is 46.8 Å². The lowest BCUT2D eigenvalue weighted by atomic mass is 9.61. The first-order valence-electron chi connectivity index (χ1n) is 13.4. The molecule has 0 nitrogen and oxygen atoms in total. The lowest BCUT2D eigenvalue weighted by Gasteiger charge is -2.44. The molecule has 0 bridgehead atoms. The third kappa shape index (κ3) is 3.67. The minimum absolute atomic E-state index is 0.319. The van der Waals surface area contributed by atoms with Crippen LogP contribution in [-0.2, 0) is 0 Å². The van der Waals surface area contributed by atoms with Gasteiger partial charge < -0.3 is 0 Å². The second-order valence-corrected chi connectivity index (χ2v) is 11.8. The van der Waals surface area contributed by atoms with E-state index in [1.54, 1.807) is 0 Å². The zero-order chi connectivity index (χ0) is 23.1. The predicted molar refractivity (Wildman–Crippen MR) is 143 cm³/mol. The molecule has 0 amide bonds. The van der Waals surface area contributed by atoms with Gasteiger partial charge in [-0.05, 0) is 77.2 Å². The maximum absolute atomic E-state index is 2.61. The molecule has 0 heterocycles. The largest absolute Gasteiger partial charge is 0.0805 e. The van der Waals surface area contributed by atoms with E-state index in [9.17, 15) is 0 Å². The van der Waals surface area contributed by atoms with Crippen molar-refractivity contribution in [1.29, 1.82) is 0 Å². The maximum atomic E-state index is 2.61. The van der Waals surface area contributed by atoms with Crippen LogP contribution in [0.2, 0.25) is 0 Å². The first-order valence-corrected chi connectivity index (χ1v) is 13.4. The van der Waals surface area contributed by atoms with E-state index in [0.29, 0.717) is 46.8 Å². The molecule has 2 aromatic carbocycles. The fourth-order valence-electron chi connectivity index (χ4n) is 8.34. The minimum atomic E-state index is 0.319. The van der Waals surface area contributed by atoms with Crippen molar-refractivity contribution < 1.29 is 0 Å². The highest BCUT2D eigenvalue weighted by molar-refractivity contribution is 5.34. The molecule has 4 aliphatic carbocycles. The topological polar surface area (TPSA) is 0 Å². The van der Waals surface area contributed by atoms with Gasteiger partial charge in [-0.25, -0.2) is 0 Å². The second-order valence-electron chi connectivity index (χ2n) is 11.8. The first kappa shape index (κ1) is 21.9. The van der Waals surface area contributed by atoms with Gasteiger partial charge in [-0.1, -0.05) is 123 Å². The number of hydrogen-bond acceptors (Lipinski definition) is 0. The van der Waals surface area contributed by atoms with Gasteiger partial charge in [0.05, 0.1) is 0 Å². The van der Waals surface area contributed by atoms with Crippen molar-refractivity contribution >= 4 is 0 Å². The molecule has 0 spiro atoms. The molecular formula is C34H38. The molecule has 5 unspecified atom stereocenters. The number of rotatable bonds is 5. The van der Waals surface area contributed by atoms with E-state index in [2.05, 4.69) is 123 Å². The number of benzene rings is 2. The lowest BCUT2D eigenvalue weighted by molar-refractivity contribution is 0.0723. The van der Waals surface area contributed by atoms with E-state index in [4.69, 9.17) is 0 Å². The third-order valence-electron chi connectivity index (χ3n) is 9.89. The van der Waals surface area contributed by atoms with Crippen molar-refractivity contribution in [1.82, 2.24) is 0 Å². The van der Waals surface area contributed by atoms with Crippen LogP contribution in [0.3, 0.4) is 0 Å². The quantitative estimate of drug-likeness (QED) is 0.431. The van der Waals surface area contributed by atoms with Crippen LogP contribution in [0.1, 0.15) is 50.2 Å². The zero-order valence-electron chi connectivity index (χ0n) is 20.6. The van der Waals surface area contributed by atoms with Gasteiger partial charge in [0.15, 0.2) is 0 Å². The van der Waals surface area contributed by atoms with Crippen LogP contribution in [0.4, 0.5) is 0 Å². The third-order valence-corrected chi connectivity index (χ3v) is 9.89. The Balaban J connectivity index is 1.29. The van der Waals surface area contributed by atoms with Gasteiger partial charge in [0.2, 0.25) is 0 Å². The summed E-state index contributed by atoms with van der Waals surface area (Å²) in [6.45, 7) is 5.23. The highest BCUT2D eigenvalue weighted by atomic mass is 14.6. The fraction of sp³-hybridized carbons (Fsp3) is 0.412. The fourth-order valence-corrected chi connectivity index (χ4v) is 8.34. The number of fused-ring (bicyclic) bond motifs is 3. The van der Waals surface area contributed by atoms with E-state index < -0.39 is 0 Å². The van der Waals surface area contributed by atoms with Gasteiger partial charge in [-0.2, -0.15) is 0 Å². The normalized spacial score (nSPS) is 33.9. The zero-order valence-corrected chi connectivity index (χ0v) is 20.6. The Morgan fingerprint density at radius 3 is 1.59 bits per heavy atom. The van der Waals surface area contributed by atoms with Gasteiger partial charge in [-0.3, -0.25) is 0 Å². The number of hydrogen-bond donors (Lipinski definition) is 0. The van der Waals surface area contributed by atoms with Crippen molar-refractivity contribution in [2.75, 3.05) is 0 Å². The van der Waals surface area contributed by atoms with Crippen molar-refractivity contribution in [2.45, 2.75) is 39.0 Å². The van der Waals surface area contributed by atoms with Crippen molar-refractivity contribution in [3.8, 4) is 0 Å². The van der Waals surface area contributed by atoms with Crippen LogP contribution in [0.15, 0.2) is 109 Å². The molecule has 0 N–H and O–H groups in total. The molecule has 0 radical (unpaired) electrons. The Hall–Kier alpha value is -2.60. The van der Waals surface area contributed by atoms with Crippen LogP contribution in [0.25, 0.3) is 0 Å². The summed E-state index contributed by atoms with van der Waals surface area (Å²) < 4.78 is 0. The molecular weight excluding hydrogens is 408 g/mol. The van der Waals surface area contributed by atoms with E-state index in [-0.39, 0.29) is 0 Å². The molecule has 0 saturated heterocycles. The monoisotopic (exact) mass is 446 g/mol. The average molecular weight is 447 g/mol. The Bertz CT molecular complexity index is 1030. The molecule has 6 rings (SSSR count). The van der Waals surface area contributed by atoms with E-state index >= 15 is 0 Å². The standard InChI is InChI=1S/C34H38/c1-34(2,33-30-19-11-9-17-28(30)29-18-10-12-20-31(29)33)27-22-21-26(23-27)32(24-13-5-3-6-14-24)25-15-7-4-8-16-25/h3-20,26-33H,21-23H2,1-2H3/t26-,27?,28?,29?,30?,31?,33?/m1/s1. The summed E-state index contributed by atoms with van der Waals surface area (Å²) in [4.78, 5) is 0. The summed E-state index contributed by atoms with van der Waals surface area (Å²) in [5.41, 5.74) is 3.29. The van der Waals surface area contributed by atoms with Crippen LogP contribution < -0.4 is 0 Å². The predicted octanol–water partition coefficient (Wildman–Crippen LogP) is 8.61. The summed E-state index contributed by atoms with van der Waals surface area (Å²) in [5, 5.41) is 0. The molecule has 2 aromatic rings. The molecule has 0 aromatic heterocycles. The van der Waals surface area contributed by atoms with Crippen LogP contribution in [0, 0.1) is 46.8 Å². The van der Waals surface area contributed by atoms with Gasteiger partial charge in [0.25, 0.3) is 0 Å². The van der Waals surface area contributed by atoms with Crippen LogP contribution in [0.5, 0.6) is 0 Å². The first-order chi connectivity index (χ1) is 16.6. The summed E-state index contributed by atoms with van der Waals surface area (Å²) in [6.07, 6.45) is 23.3. The highest BCUT2D eigenvalue weighted by Crippen LogP contribution is 2.62. The molecule has 0 aliphatic heterocycles. The summed E-state index contributed by atoms with van der Waals surface area (Å²) in [5.74, 6) is 5.36. The molecule has 2 saturated carbocycles. The molecule has 34 heavy (non-hydrogen) atoms. The van der Waals surface area contributed by atoms with Crippen molar-refractivity contribution in [3.05, 3.63) is 120 Å². The van der Waals surface area contributed by atoms with E-state index in [1.165, 1.54) is 30.4 Å². The summed E-state index contributed by atoms with van der Waals surface area (Å²) in [7, 11) is 0. The molecule has 4 aliphatic rings. The SMILES string of the molecule is CC(C)(C1CC[C@@H](C(c2ccccc2)c2ccccc2)C1)C1C2C=CC=CC2C2C=CC=CC21. The Morgan fingerprint density at radius 1 is 0.618 bits per heavy atom. The van der Waals surface area contributed by atoms with Crippen molar-refractivity contribution in [3.63, 3.8) is 0 Å².